The number of aryl methyl sites for hydroxylation is 2. The second kappa shape index (κ2) is 10.2. The highest BCUT2D eigenvalue weighted by Gasteiger charge is 2.13. The molecule has 0 atom stereocenters. The Morgan fingerprint density at radius 3 is 2.61 bits per heavy atom. The molecule has 0 saturated carbocycles. The summed E-state index contributed by atoms with van der Waals surface area (Å²) in [6.07, 6.45) is 1.21. The van der Waals surface area contributed by atoms with Crippen molar-refractivity contribution >= 4 is 5.91 Å². The number of carbonyl (C=O) groups excluding carboxylic acids is 1. The van der Waals surface area contributed by atoms with Crippen LogP contribution in [0, 0.1) is 6.92 Å². The highest BCUT2D eigenvalue weighted by atomic mass is 16.5. The zero-order valence-electron chi connectivity index (χ0n) is 16.9. The molecule has 5 heteroatoms. The largest absolute Gasteiger partial charge is 0.496 e. The Kier molecular flexibility index (Phi) is 7.46. The molecule has 28 heavy (non-hydrogen) atoms. The molecule has 0 bridgehead atoms. The van der Waals surface area contributed by atoms with Gasteiger partial charge in [-0.25, -0.2) is 0 Å². The summed E-state index contributed by atoms with van der Waals surface area (Å²) in [6.45, 7) is 7.01. The highest BCUT2D eigenvalue weighted by molar-refractivity contribution is 5.76. The molecule has 2 aromatic rings. The van der Waals surface area contributed by atoms with Gasteiger partial charge in [-0.1, -0.05) is 36.4 Å². The third kappa shape index (κ3) is 5.81. The molecule has 1 saturated heterocycles. The molecule has 0 aromatic heterocycles. The van der Waals surface area contributed by atoms with E-state index in [1.165, 1.54) is 11.1 Å². The van der Waals surface area contributed by atoms with Gasteiger partial charge in [0.05, 0.1) is 20.3 Å². The molecular formula is C23H30N2O3. The number of hydrogen-bond donors (Lipinski definition) is 1. The van der Waals surface area contributed by atoms with E-state index in [1.807, 2.05) is 25.1 Å². The monoisotopic (exact) mass is 382 g/mol. The number of methoxy groups -OCH3 is 1. The summed E-state index contributed by atoms with van der Waals surface area (Å²) < 4.78 is 10.7. The van der Waals surface area contributed by atoms with E-state index in [-0.39, 0.29) is 5.91 Å². The zero-order chi connectivity index (χ0) is 19.8. The van der Waals surface area contributed by atoms with Gasteiger partial charge in [0.2, 0.25) is 5.91 Å². The average Bonchev–Trinajstić information content (AvgIpc) is 2.72. The predicted molar refractivity (Wildman–Crippen MR) is 110 cm³/mol. The van der Waals surface area contributed by atoms with Crippen molar-refractivity contribution in [2.24, 2.45) is 0 Å². The number of ether oxygens (including phenoxy) is 2. The molecule has 0 aliphatic carbocycles. The van der Waals surface area contributed by atoms with Gasteiger partial charge >= 0.3 is 0 Å². The standard InChI is InChI=1S/C23H30N2O3/c1-18-15-19(7-9-22(18)27-2)8-10-23(26)24-16-20-5-3-4-6-21(20)17-25-11-13-28-14-12-25/h3-7,9,15H,8,10-14,16-17H2,1-2H3,(H,24,26). The average molecular weight is 383 g/mol. The van der Waals surface area contributed by atoms with Crippen LogP contribution in [0.3, 0.4) is 0 Å². The van der Waals surface area contributed by atoms with E-state index in [9.17, 15) is 4.79 Å². The Balaban J connectivity index is 1.49. The van der Waals surface area contributed by atoms with Crippen molar-refractivity contribution < 1.29 is 14.3 Å². The Morgan fingerprint density at radius 1 is 1.14 bits per heavy atom. The van der Waals surface area contributed by atoms with E-state index < -0.39 is 0 Å². The molecule has 1 amide bonds. The van der Waals surface area contributed by atoms with Crippen molar-refractivity contribution in [3.8, 4) is 5.75 Å². The van der Waals surface area contributed by atoms with E-state index in [0.29, 0.717) is 13.0 Å². The second-order valence-corrected chi connectivity index (χ2v) is 7.24. The number of nitrogens with zero attached hydrogens (tertiary/aromatic N) is 1. The molecule has 0 radical (unpaired) electrons. The minimum Gasteiger partial charge on any atom is -0.496 e. The topological polar surface area (TPSA) is 50.8 Å². The van der Waals surface area contributed by atoms with Crippen molar-refractivity contribution in [3.05, 3.63) is 64.7 Å². The maximum absolute atomic E-state index is 12.3. The maximum atomic E-state index is 12.3. The van der Waals surface area contributed by atoms with Gasteiger partial charge in [0.15, 0.2) is 0 Å². The molecule has 0 unspecified atom stereocenters. The quantitative estimate of drug-likeness (QED) is 0.762. The first kappa shape index (κ1) is 20.4. The first-order valence-electron chi connectivity index (χ1n) is 9.93. The van der Waals surface area contributed by atoms with E-state index in [1.54, 1.807) is 7.11 Å². The van der Waals surface area contributed by atoms with Crippen LogP contribution in [0.4, 0.5) is 0 Å². The first-order valence-corrected chi connectivity index (χ1v) is 9.93. The number of rotatable bonds is 8. The first-order chi connectivity index (χ1) is 13.7. The minimum atomic E-state index is 0.0784. The Hall–Kier alpha value is -2.37. The SMILES string of the molecule is COc1ccc(CCC(=O)NCc2ccccc2CN2CCOCC2)cc1C. The summed E-state index contributed by atoms with van der Waals surface area (Å²) in [5, 5.41) is 3.08. The molecule has 3 rings (SSSR count). The maximum Gasteiger partial charge on any atom is 0.220 e. The predicted octanol–water partition coefficient (Wildman–Crippen LogP) is 3.08. The van der Waals surface area contributed by atoms with Crippen LogP contribution >= 0.6 is 0 Å². The molecular weight excluding hydrogens is 352 g/mol. The molecule has 5 nitrogen and oxygen atoms in total. The molecule has 1 N–H and O–H groups in total. The molecule has 1 aliphatic heterocycles. The van der Waals surface area contributed by atoms with Crippen LogP contribution in [0.2, 0.25) is 0 Å². The van der Waals surface area contributed by atoms with Gasteiger partial charge in [-0.15, -0.1) is 0 Å². The van der Waals surface area contributed by atoms with Gasteiger partial charge in [0, 0.05) is 32.6 Å². The minimum absolute atomic E-state index is 0.0784. The number of morpholine rings is 1. The molecule has 1 heterocycles. The molecule has 2 aromatic carbocycles. The normalized spacial score (nSPS) is 14.6. The van der Waals surface area contributed by atoms with E-state index >= 15 is 0 Å². The zero-order valence-corrected chi connectivity index (χ0v) is 16.9. The van der Waals surface area contributed by atoms with Gasteiger partial charge in [-0.2, -0.15) is 0 Å². The Morgan fingerprint density at radius 2 is 1.89 bits per heavy atom. The lowest BCUT2D eigenvalue weighted by Crippen LogP contribution is -2.36. The summed E-state index contributed by atoms with van der Waals surface area (Å²) in [5.41, 5.74) is 4.71. The third-order valence-corrected chi connectivity index (χ3v) is 5.19. The fourth-order valence-electron chi connectivity index (χ4n) is 3.52. The van der Waals surface area contributed by atoms with Gasteiger partial charge in [0.25, 0.3) is 0 Å². The van der Waals surface area contributed by atoms with Crippen molar-refractivity contribution in [3.63, 3.8) is 0 Å². The summed E-state index contributed by atoms with van der Waals surface area (Å²) in [6, 6.07) is 14.4. The summed E-state index contributed by atoms with van der Waals surface area (Å²) in [7, 11) is 1.67. The van der Waals surface area contributed by atoms with Crippen LogP contribution in [-0.4, -0.2) is 44.2 Å². The van der Waals surface area contributed by atoms with Crippen LogP contribution in [0.5, 0.6) is 5.75 Å². The van der Waals surface area contributed by atoms with Crippen LogP contribution in [0.25, 0.3) is 0 Å². The van der Waals surface area contributed by atoms with Crippen molar-refractivity contribution in [2.75, 3.05) is 33.4 Å². The van der Waals surface area contributed by atoms with Gasteiger partial charge in [0.1, 0.15) is 5.75 Å². The lowest BCUT2D eigenvalue weighted by molar-refractivity contribution is -0.121. The molecule has 1 aliphatic rings. The van der Waals surface area contributed by atoms with Crippen LogP contribution in [0.15, 0.2) is 42.5 Å². The second-order valence-electron chi connectivity index (χ2n) is 7.24. The molecule has 1 fully saturated rings. The number of nitrogens with one attached hydrogen (secondary N) is 1. The van der Waals surface area contributed by atoms with Gasteiger partial charge < -0.3 is 14.8 Å². The number of amides is 1. The lowest BCUT2D eigenvalue weighted by Gasteiger charge is -2.27. The van der Waals surface area contributed by atoms with E-state index in [2.05, 4.69) is 34.5 Å². The Labute approximate surface area is 167 Å². The van der Waals surface area contributed by atoms with Gasteiger partial charge in [-0.05, 0) is 41.7 Å². The number of carbonyl (C=O) groups is 1. The molecule has 0 spiro atoms. The van der Waals surface area contributed by atoms with Gasteiger partial charge in [-0.3, -0.25) is 9.69 Å². The smallest absolute Gasteiger partial charge is 0.220 e. The highest BCUT2D eigenvalue weighted by Crippen LogP contribution is 2.19. The molecule has 150 valence electrons. The van der Waals surface area contributed by atoms with Crippen LogP contribution in [0.1, 0.15) is 28.7 Å². The van der Waals surface area contributed by atoms with Crippen molar-refractivity contribution in [2.45, 2.75) is 32.9 Å². The number of benzene rings is 2. The van der Waals surface area contributed by atoms with E-state index in [0.717, 1.165) is 56.1 Å². The van der Waals surface area contributed by atoms with Crippen LogP contribution < -0.4 is 10.1 Å². The van der Waals surface area contributed by atoms with Crippen molar-refractivity contribution in [1.29, 1.82) is 0 Å². The third-order valence-electron chi connectivity index (χ3n) is 5.19. The van der Waals surface area contributed by atoms with Crippen molar-refractivity contribution in [1.82, 2.24) is 10.2 Å². The summed E-state index contributed by atoms with van der Waals surface area (Å²) in [5.74, 6) is 0.958. The van der Waals surface area contributed by atoms with Crippen LogP contribution in [-0.2, 0) is 29.0 Å². The van der Waals surface area contributed by atoms with E-state index in [4.69, 9.17) is 9.47 Å². The fraction of sp³-hybridized carbons (Fsp3) is 0.435. The fourth-order valence-corrected chi connectivity index (χ4v) is 3.52. The summed E-state index contributed by atoms with van der Waals surface area (Å²) in [4.78, 5) is 14.7. The lowest BCUT2D eigenvalue weighted by atomic mass is 10.1. The Bertz CT molecular complexity index is 785. The number of hydrogen-bond acceptors (Lipinski definition) is 4. The summed E-state index contributed by atoms with van der Waals surface area (Å²) >= 11 is 0.